The van der Waals surface area contributed by atoms with Crippen LogP contribution in [-0.2, 0) is 6.42 Å². The quantitative estimate of drug-likeness (QED) is 0.197. The third-order valence-electron chi connectivity index (χ3n) is 5.82. The van der Waals surface area contributed by atoms with Gasteiger partial charge >= 0.3 is 0 Å². The zero-order valence-corrected chi connectivity index (χ0v) is 19.5. The van der Waals surface area contributed by atoms with Crippen LogP contribution in [0.2, 0.25) is 0 Å². The third-order valence-corrected chi connectivity index (χ3v) is 5.82. The van der Waals surface area contributed by atoms with E-state index >= 15 is 0 Å². The average molecular weight is 383 g/mol. The van der Waals surface area contributed by atoms with Crippen molar-refractivity contribution in [1.29, 1.82) is 0 Å². The van der Waals surface area contributed by atoms with E-state index in [-0.39, 0.29) is 0 Å². The smallest absolute Gasteiger partial charge is 0.00636 e. The monoisotopic (exact) mass is 382 g/mol. The van der Waals surface area contributed by atoms with E-state index in [4.69, 9.17) is 0 Å². The summed E-state index contributed by atoms with van der Waals surface area (Å²) in [5.74, 6) is 0. The minimum absolute atomic E-state index is 1.01. The highest BCUT2D eigenvalue weighted by atomic mass is 14.2. The Kier molecular flexibility index (Phi) is 13.0. The predicted molar refractivity (Wildman–Crippen MR) is 129 cm³/mol. The van der Waals surface area contributed by atoms with Gasteiger partial charge in [-0.3, -0.25) is 0 Å². The Labute approximate surface area is 176 Å². The van der Waals surface area contributed by atoms with E-state index in [1.807, 2.05) is 0 Å². The number of rotatable bonds is 16. The first kappa shape index (κ1) is 24.7. The summed E-state index contributed by atoms with van der Waals surface area (Å²) in [4.78, 5) is 0. The number of benzene rings is 1. The molecule has 0 aromatic heterocycles. The fraction of sp³-hybridized carbons (Fsp3) is 0.643. The van der Waals surface area contributed by atoms with Gasteiger partial charge in [0.1, 0.15) is 0 Å². The second-order valence-electron chi connectivity index (χ2n) is 8.83. The summed E-state index contributed by atoms with van der Waals surface area (Å²) in [5, 5.41) is 0. The molecule has 0 nitrogen and oxygen atoms in total. The summed E-state index contributed by atoms with van der Waals surface area (Å²) in [6.07, 6.45) is 18.1. The highest BCUT2D eigenvalue weighted by Crippen LogP contribution is 2.30. The van der Waals surface area contributed by atoms with Gasteiger partial charge in [-0.2, -0.15) is 0 Å². The van der Waals surface area contributed by atoms with Gasteiger partial charge in [0.25, 0.3) is 0 Å². The van der Waals surface area contributed by atoms with Crippen LogP contribution in [0.25, 0.3) is 5.57 Å². The minimum Gasteiger partial charge on any atom is -0.0995 e. The Hall–Kier alpha value is -1.30. The summed E-state index contributed by atoms with van der Waals surface area (Å²) < 4.78 is 0. The predicted octanol–water partition coefficient (Wildman–Crippen LogP) is 9.53. The van der Waals surface area contributed by atoms with Gasteiger partial charge in [0.05, 0.1) is 0 Å². The van der Waals surface area contributed by atoms with Gasteiger partial charge < -0.3 is 0 Å². The van der Waals surface area contributed by atoms with Gasteiger partial charge in [-0.15, -0.1) is 0 Å². The molecule has 28 heavy (non-hydrogen) atoms. The van der Waals surface area contributed by atoms with Crippen molar-refractivity contribution in [3.63, 3.8) is 0 Å². The fourth-order valence-electron chi connectivity index (χ4n) is 4.28. The number of hydrogen-bond donors (Lipinski definition) is 0. The molecule has 0 aliphatic carbocycles. The third kappa shape index (κ3) is 9.76. The Morgan fingerprint density at radius 1 is 0.714 bits per heavy atom. The highest BCUT2D eigenvalue weighted by Gasteiger charge is 2.12. The van der Waals surface area contributed by atoms with Crippen LogP contribution in [0.1, 0.15) is 120 Å². The van der Waals surface area contributed by atoms with Crippen LogP contribution in [0.3, 0.4) is 0 Å². The molecular formula is C28H46. The highest BCUT2D eigenvalue weighted by molar-refractivity contribution is 5.70. The Morgan fingerprint density at radius 2 is 1.25 bits per heavy atom. The molecule has 0 unspecified atom stereocenters. The van der Waals surface area contributed by atoms with Gasteiger partial charge in [-0.05, 0) is 68.2 Å². The van der Waals surface area contributed by atoms with Crippen LogP contribution in [0.4, 0.5) is 0 Å². The number of hydrogen-bond acceptors (Lipinski definition) is 0. The molecule has 0 atom stereocenters. The van der Waals surface area contributed by atoms with Crippen molar-refractivity contribution >= 4 is 5.57 Å². The van der Waals surface area contributed by atoms with Crippen LogP contribution >= 0.6 is 0 Å². The maximum atomic E-state index is 4.49. The van der Waals surface area contributed by atoms with Crippen molar-refractivity contribution in [1.82, 2.24) is 0 Å². The maximum absolute atomic E-state index is 4.49. The zero-order valence-electron chi connectivity index (χ0n) is 19.5. The molecule has 0 fully saturated rings. The van der Waals surface area contributed by atoms with Gasteiger partial charge in [0.2, 0.25) is 0 Å². The molecule has 1 aromatic carbocycles. The standard InChI is InChI=1S/C28H46/c1-7-9-11-13-14-15-17-19-25(5)28-26(6)20-24(4)22-27(28)21-23(3)18-16-12-10-8-2/h20,22H,3,5,7-19,21H2,1-2,4,6H3. The fourth-order valence-corrected chi connectivity index (χ4v) is 4.28. The average Bonchev–Trinajstić information content (AvgIpc) is 2.64. The summed E-state index contributed by atoms with van der Waals surface area (Å²) >= 11 is 0. The molecule has 0 amide bonds. The molecular weight excluding hydrogens is 336 g/mol. The lowest BCUT2D eigenvalue weighted by atomic mass is 9.87. The van der Waals surface area contributed by atoms with E-state index in [0.717, 1.165) is 19.3 Å². The molecule has 158 valence electrons. The first-order valence-corrected chi connectivity index (χ1v) is 11.9. The second-order valence-corrected chi connectivity index (χ2v) is 8.83. The van der Waals surface area contributed by atoms with Crippen molar-refractivity contribution in [3.8, 4) is 0 Å². The van der Waals surface area contributed by atoms with Crippen molar-refractivity contribution in [2.45, 2.75) is 118 Å². The normalized spacial score (nSPS) is 11.0. The van der Waals surface area contributed by atoms with E-state index in [1.54, 1.807) is 0 Å². The zero-order chi connectivity index (χ0) is 20.8. The van der Waals surface area contributed by atoms with Gasteiger partial charge in [0.15, 0.2) is 0 Å². The van der Waals surface area contributed by atoms with Gasteiger partial charge in [-0.25, -0.2) is 0 Å². The Balaban J connectivity index is 2.61. The van der Waals surface area contributed by atoms with Gasteiger partial charge in [0, 0.05) is 0 Å². The molecule has 0 heterocycles. The minimum atomic E-state index is 1.01. The molecule has 0 N–H and O–H groups in total. The maximum Gasteiger partial charge on any atom is -0.00636 e. The largest absolute Gasteiger partial charge is 0.0995 e. The molecule has 0 heteroatoms. The first-order valence-electron chi connectivity index (χ1n) is 11.9. The summed E-state index contributed by atoms with van der Waals surface area (Å²) in [5.41, 5.74) is 8.34. The molecule has 0 bridgehead atoms. The summed E-state index contributed by atoms with van der Waals surface area (Å²) in [6, 6.07) is 4.69. The van der Waals surface area contributed by atoms with E-state index < -0.39 is 0 Å². The lowest BCUT2D eigenvalue weighted by Crippen LogP contribution is -2.00. The summed E-state index contributed by atoms with van der Waals surface area (Å²) in [6.45, 7) is 17.9. The Morgan fingerprint density at radius 3 is 1.89 bits per heavy atom. The lowest BCUT2D eigenvalue weighted by Gasteiger charge is -2.18. The van der Waals surface area contributed by atoms with Crippen molar-refractivity contribution in [2.24, 2.45) is 0 Å². The molecule has 0 radical (unpaired) electrons. The SMILES string of the molecule is C=C(CCCCCC)Cc1cc(C)cc(C)c1C(=C)CCCCCCCCC. The second kappa shape index (κ2) is 14.7. The van der Waals surface area contributed by atoms with E-state index in [0.29, 0.717) is 0 Å². The molecule has 0 aliphatic heterocycles. The van der Waals surface area contributed by atoms with E-state index in [9.17, 15) is 0 Å². The van der Waals surface area contributed by atoms with E-state index in [1.165, 1.54) is 104 Å². The van der Waals surface area contributed by atoms with Crippen molar-refractivity contribution < 1.29 is 0 Å². The molecule has 0 aliphatic rings. The Bertz CT molecular complexity index is 590. The molecule has 1 aromatic rings. The number of aryl methyl sites for hydroxylation is 2. The van der Waals surface area contributed by atoms with E-state index in [2.05, 4.69) is 53.0 Å². The van der Waals surface area contributed by atoms with Crippen LogP contribution in [0.15, 0.2) is 30.9 Å². The van der Waals surface area contributed by atoms with Crippen LogP contribution in [0.5, 0.6) is 0 Å². The van der Waals surface area contributed by atoms with Crippen molar-refractivity contribution in [2.75, 3.05) is 0 Å². The first-order chi connectivity index (χ1) is 13.5. The van der Waals surface area contributed by atoms with Crippen LogP contribution in [0, 0.1) is 13.8 Å². The van der Waals surface area contributed by atoms with Crippen LogP contribution < -0.4 is 0 Å². The van der Waals surface area contributed by atoms with Gasteiger partial charge in [-0.1, -0.05) is 108 Å². The molecule has 0 spiro atoms. The number of unbranched alkanes of at least 4 members (excludes halogenated alkanes) is 9. The van der Waals surface area contributed by atoms with Crippen molar-refractivity contribution in [3.05, 3.63) is 53.1 Å². The topological polar surface area (TPSA) is 0 Å². The lowest BCUT2D eigenvalue weighted by molar-refractivity contribution is 0.593. The molecule has 1 rings (SSSR count). The molecule has 0 saturated heterocycles. The van der Waals surface area contributed by atoms with Crippen LogP contribution in [-0.4, -0.2) is 0 Å². The number of allylic oxidation sites excluding steroid dienone is 2. The molecule has 0 saturated carbocycles. The summed E-state index contributed by atoms with van der Waals surface area (Å²) in [7, 11) is 0.